The van der Waals surface area contributed by atoms with Crippen LogP contribution in [0.4, 0.5) is 0 Å². The minimum absolute atomic E-state index is 0.212. The van der Waals surface area contributed by atoms with E-state index >= 15 is 0 Å². The molecule has 0 radical (unpaired) electrons. The van der Waals surface area contributed by atoms with E-state index < -0.39 is 23.3 Å². The Balaban J connectivity index is 2.26. The van der Waals surface area contributed by atoms with Crippen molar-refractivity contribution in [2.45, 2.75) is 51.6 Å². The quantitative estimate of drug-likeness (QED) is 0.336. The van der Waals surface area contributed by atoms with Crippen molar-refractivity contribution in [1.29, 1.82) is 0 Å². The van der Waals surface area contributed by atoms with Crippen LogP contribution in [0.3, 0.4) is 0 Å². The van der Waals surface area contributed by atoms with E-state index in [1.54, 1.807) is 13.8 Å². The van der Waals surface area contributed by atoms with Crippen LogP contribution >= 0.6 is 0 Å². The molecule has 0 unspecified atom stereocenters. The predicted molar refractivity (Wildman–Crippen MR) is 90.5 cm³/mol. The second-order valence-corrected chi connectivity index (χ2v) is 6.73. The third-order valence-corrected chi connectivity index (χ3v) is 4.49. The number of aliphatic carboxylic acids is 2. The molecule has 0 atom stereocenters. The minimum atomic E-state index is -1.44. The van der Waals surface area contributed by atoms with Crippen molar-refractivity contribution < 1.29 is 29.6 Å². The Morgan fingerprint density at radius 2 is 1.60 bits per heavy atom. The lowest BCUT2D eigenvalue weighted by molar-refractivity contribution is -0.331. The summed E-state index contributed by atoms with van der Waals surface area (Å²) in [6.07, 6.45) is 4.08. The van der Waals surface area contributed by atoms with Gasteiger partial charge in [-0.1, -0.05) is 49.6 Å². The van der Waals surface area contributed by atoms with E-state index in [4.69, 9.17) is 9.78 Å². The molecule has 1 aromatic rings. The number of carboxylic acids is 2. The van der Waals surface area contributed by atoms with Gasteiger partial charge in [0.15, 0.2) is 0 Å². The lowest BCUT2D eigenvalue weighted by Crippen LogP contribution is -2.26. The molecule has 0 aliphatic heterocycles. The number of hydrogen-bond acceptors (Lipinski definition) is 4. The van der Waals surface area contributed by atoms with Gasteiger partial charge in [-0.3, -0.25) is 0 Å². The van der Waals surface area contributed by atoms with Gasteiger partial charge >= 0.3 is 11.9 Å². The largest absolute Gasteiger partial charge is 0.478 e. The Bertz CT molecular complexity index is 641. The van der Waals surface area contributed by atoms with Crippen LogP contribution in [0.5, 0.6) is 0 Å². The normalized spacial score (nSPS) is 16.9. The fourth-order valence-corrected chi connectivity index (χ4v) is 3.08. The molecule has 1 aliphatic rings. The van der Waals surface area contributed by atoms with Gasteiger partial charge in [0.1, 0.15) is 5.60 Å². The third-order valence-electron chi connectivity index (χ3n) is 4.49. The molecule has 0 aromatic heterocycles. The van der Waals surface area contributed by atoms with Gasteiger partial charge in [-0.15, -0.1) is 0 Å². The second kappa shape index (κ2) is 8.16. The Labute approximate surface area is 147 Å². The first-order valence-corrected chi connectivity index (χ1v) is 8.45. The fourth-order valence-electron chi connectivity index (χ4n) is 3.08. The Hall–Kier alpha value is -2.34. The summed E-state index contributed by atoms with van der Waals surface area (Å²) in [7, 11) is 0. The zero-order valence-corrected chi connectivity index (χ0v) is 14.5. The van der Waals surface area contributed by atoms with Crippen molar-refractivity contribution in [3.8, 4) is 0 Å². The SMILES string of the molecule is CC(C)(OO/C(C(=O)O)=C(\C(=O)O)C1CCCCC1)c1ccccc1. The minimum Gasteiger partial charge on any atom is -0.478 e. The van der Waals surface area contributed by atoms with Crippen molar-refractivity contribution in [1.82, 2.24) is 0 Å². The van der Waals surface area contributed by atoms with E-state index in [9.17, 15) is 19.8 Å². The van der Waals surface area contributed by atoms with Gasteiger partial charge in [-0.05, 0) is 38.2 Å². The number of rotatable bonds is 7. The van der Waals surface area contributed by atoms with Crippen molar-refractivity contribution in [2.75, 3.05) is 0 Å². The maximum atomic E-state index is 11.7. The Morgan fingerprint density at radius 3 is 2.12 bits per heavy atom. The predicted octanol–water partition coefficient (Wildman–Crippen LogP) is 3.87. The van der Waals surface area contributed by atoms with Crippen LogP contribution in [0, 0.1) is 5.92 Å². The summed E-state index contributed by atoms with van der Waals surface area (Å²) in [6.45, 7) is 3.45. The van der Waals surface area contributed by atoms with E-state index in [-0.39, 0.29) is 11.5 Å². The number of hydrogen-bond donors (Lipinski definition) is 2. The van der Waals surface area contributed by atoms with E-state index in [1.807, 2.05) is 30.3 Å². The summed E-state index contributed by atoms with van der Waals surface area (Å²) >= 11 is 0. The zero-order valence-electron chi connectivity index (χ0n) is 14.5. The van der Waals surface area contributed by atoms with E-state index in [0.717, 1.165) is 24.8 Å². The van der Waals surface area contributed by atoms with Crippen LogP contribution in [0.25, 0.3) is 0 Å². The van der Waals surface area contributed by atoms with Gasteiger partial charge in [-0.2, -0.15) is 4.89 Å². The molecular weight excluding hydrogens is 324 g/mol. The molecule has 0 heterocycles. The first-order valence-electron chi connectivity index (χ1n) is 8.45. The standard InChI is InChI=1S/C19H24O6/c1-19(2,14-11-7-4-8-12-14)25-24-16(18(22)23)15(17(20)21)13-9-5-3-6-10-13/h4,7-8,11-13H,3,5-6,9-10H2,1-2H3,(H,20,21)(H,22,23)/b16-15-. The summed E-state index contributed by atoms with van der Waals surface area (Å²) in [5, 5.41) is 19.0. The average Bonchev–Trinajstić information content (AvgIpc) is 2.59. The van der Waals surface area contributed by atoms with Gasteiger partial charge in [0, 0.05) is 0 Å². The lowest BCUT2D eigenvalue weighted by atomic mass is 9.83. The first kappa shape index (κ1) is 19.0. The smallest absolute Gasteiger partial charge is 0.375 e. The average molecular weight is 348 g/mol. The molecule has 1 aromatic carbocycles. The molecule has 2 rings (SSSR count). The summed E-state index contributed by atoms with van der Waals surface area (Å²) in [5.74, 6) is -3.68. The van der Waals surface area contributed by atoms with Crippen molar-refractivity contribution >= 4 is 11.9 Å². The summed E-state index contributed by atoms with van der Waals surface area (Å²) < 4.78 is 0. The Morgan fingerprint density at radius 1 is 1.00 bits per heavy atom. The van der Waals surface area contributed by atoms with Gasteiger partial charge in [0.2, 0.25) is 0 Å². The molecular formula is C19H24O6. The molecule has 0 amide bonds. The van der Waals surface area contributed by atoms with Gasteiger partial charge in [0.05, 0.1) is 5.57 Å². The zero-order chi connectivity index (χ0) is 18.4. The summed E-state index contributed by atoms with van der Waals surface area (Å²) in [4.78, 5) is 33.8. The van der Waals surface area contributed by atoms with Gasteiger partial charge in [-0.25, -0.2) is 9.59 Å². The van der Waals surface area contributed by atoms with Crippen molar-refractivity contribution in [3.05, 3.63) is 47.2 Å². The summed E-state index contributed by atoms with van der Waals surface area (Å²) in [6, 6.07) is 9.17. The Kier molecular flexibility index (Phi) is 6.20. The molecule has 1 saturated carbocycles. The van der Waals surface area contributed by atoms with Crippen LogP contribution in [0.1, 0.15) is 51.5 Å². The van der Waals surface area contributed by atoms with E-state index in [1.165, 1.54) is 0 Å². The van der Waals surface area contributed by atoms with Crippen LogP contribution in [-0.4, -0.2) is 22.2 Å². The monoisotopic (exact) mass is 348 g/mol. The molecule has 0 saturated heterocycles. The molecule has 25 heavy (non-hydrogen) atoms. The van der Waals surface area contributed by atoms with Gasteiger partial charge in [0.25, 0.3) is 5.76 Å². The molecule has 6 nitrogen and oxygen atoms in total. The van der Waals surface area contributed by atoms with Crippen LogP contribution < -0.4 is 0 Å². The molecule has 6 heteroatoms. The highest BCUT2D eigenvalue weighted by Gasteiger charge is 2.33. The molecule has 136 valence electrons. The highest BCUT2D eigenvalue weighted by Crippen LogP contribution is 2.33. The lowest BCUT2D eigenvalue weighted by Gasteiger charge is -2.26. The van der Waals surface area contributed by atoms with E-state index in [2.05, 4.69) is 0 Å². The number of benzene rings is 1. The third kappa shape index (κ3) is 4.82. The number of carboxylic acid groups (broad SMARTS) is 2. The van der Waals surface area contributed by atoms with Crippen molar-refractivity contribution in [2.24, 2.45) is 5.92 Å². The molecule has 0 spiro atoms. The molecule has 2 N–H and O–H groups in total. The van der Waals surface area contributed by atoms with Crippen LogP contribution in [-0.2, 0) is 25.0 Å². The molecule has 1 fully saturated rings. The van der Waals surface area contributed by atoms with Crippen LogP contribution in [0.2, 0.25) is 0 Å². The van der Waals surface area contributed by atoms with Crippen molar-refractivity contribution in [3.63, 3.8) is 0 Å². The topological polar surface area (TPSA) is 93.1 Å². The fraction of sp³-hybridized carbons (Fsp3) is 0.474. The highest BCUT2D eigenvalue weighted by atomic mass is 17.2. The van der Waals surface area contributed by atoms with E-state index in [0.29, 0.717) is 12.8 Å². The second-order valence-electron chi connectivity index (χ2n) is 6.73. The summed E-state index contributed by atoms with van der Waals surface area (Å²) in [5.41, 5.74) is -0.358. The first-order chi connectivity index (χ1) is 11.8. The highest BCUT2D eigenvalue weighted by molar-refractivity contribution is 5.97. The molecule has 1 aliphatic carbocycles. The molecule has 0 bridgehead atoms. The number of carbonyl (C=O) groups is 2. The van der Waals surface area contributed by atoms with Gasteiger partial charge < -0.3 is 15.1 Å². The maximum absolute atomic E-state index is 11.7. The maximum Gasteiger partial charge on any atom is 0.375 e. The van der Waals surface area contributed by atoms with Crippen LogP contribution in [0.15, 0.2) is 41.7 Å².